The van der Waals surface area contributed by atoms with E-state index in [0.29, 0.717) is 13.0 Å². The number of hydrogen-bond acceptors (Lipinski definition) is 2. The predicted octanol–water partition coefficient (Wildman–Crippen LogP) is 3.42. The molecule has 0 saturated carbocycles. The molecule has 0 spiro atoms. The zero-order valence-electron chi connectivity index (χ0n) is 8.57. The highest BCUT2D eigenvalue weighted by atomic mass is 79.9. The van der Waals surface area contributed by atoms with E-state index >= 15 is 0 Å². The number of hydrogen-bond donors (Lipinski definition) is 0. The Bertz CT molecular complexity index is 358. The number of esters is 1. The van der Waals surface area contributed by atoms with Crippen LogP contribution >= 0.6 is 15.9 Å². The first-order valence-corrected chi connectivity index (χ1v) is 5.60. The van der Waals surface area contributed by atoms with Gasteiger partial charge in [-0.2, -0.15) is 0 Å². The van der Waals surface area contributed by atoms with Gasteiger partial charge >= 0.3 is 5.97 Å². The van der Waals surface area contributed by atoms with Crippen LogP contribution < -0.4 is 0 Å². The van der Waals surface area contributed by atoms with Gasteiger partial charge in [0.15, 0.2) is 0 Å². The SMILES string of the molecule is CCOC(=O)CC=Cc1ccccc1Br. The largest absolute Gasteiger partial charge is 0.466 e. The highest BCUT2D eigenvalue weighted by Crippen LogP contribution is 2.17. The van der Waals surface area contributed by atoms with Gasteiger partial charge in [-0.05, 0) is 18.6 Å². The molecule has 0 aliphatic carbocycles. The van der Waals surface area contributed by atoms with Crippen molar-refractivity contribution in [3.05, 3.63) is 40.4 Å². The number of carbonyl (C=O) groups excluding carboxylic acids is 1. The maximum Gasteiger partial charge on any atom is 0.309 e. The van der Waals surface area contributed by atoms with Crippen molar-refractivity contribution >= 4 is 28.0 Å². The predicted molar refractivity (Wildman–Crippen MR) is 64.4 cm³/mol. The van der Waals surface area contributed by atoms with Crippen LogP contribution in [0.5, 0.6) is 0 Å². The minimum absolute atomic E-state index is 0.194. The molecule has 15 heavy (non-hydrogen) atoms. The second kappa shape index (κ2) is 6.40. The summed E-state index contributed by atoms with van der Waals surface area (Å²) in [6, 6.07) is 7.84. The van der Waals surface area contributed by atoms with Crippen LogP contribution in [0.4, 0.5) is 0 Å². The zero-order valence-corrected chi connectivity index (χ0v) is 10.2. The van der Waals surface area contributed by atoms with Crippen molar-refractivity contribution in [3.63, 3.8) is 0 Å². The van der Waals surface area contributed by atoms with Gasteiger partial charge in [0.25, 0.3) is 0 Å². The molecule has 0 heterocycles. The van der Waals surface area contributed by atoms with Gasteiger partial charge < -0.3 is 4.74 Å². The lowest BCUT2D eigenvalue weighted by Crippen LogP contribution is -2.01. The quantitative estimate of drug-likeness (QED) is 0.783. The molecule has 0 bridgehead atoms. The van der Waals surface area contributed by atoms with Gasteiger partial charge in [-0.1, -0.05) is 46.3 Å². The maximum atomic E-state index is 11.0. The Labute approximate surface area is 98.1 Å². The third-order valence-corrected chi connectivity index (χ3v) is 2.51. The van der Waals surface area contributed by atoms with Crippen LogP contribution in [-0.4, -0.2) is 12.6 Å². The molecule has 0 aliphatic heterocycles. The number of ether oxygens (including phenoxy) is 1. The van der Waals surface area contributed by atoms with Crippen LogP contribution in [0, 0.1) is 0 Å². The van der Waals surface area contributed by atoms with Gasteiger partial charge in [0.05, 0.1) is 13.0 Å². The molecule has 0 radical (unpaired) electrons. The highest BCUT2D eigenvalue weighted by molar-refractivity contribution is 9.10. The Morgan fingerprint density at radius 2 is 2.20 bits per heavy atom. The van der Waals surface area contributed by atoms with Gasteiger partial charge in [0, 0.05) is 4.47 Å². The van der Waals surface area contributed by atoms with Crippen molar-refractivity contribution in [2.75, 3.05) is 6.61 Å². The molecule has 0 amide bonds. The van der Waals surface area contributed by atoms with Crippen molar-refractivity contribution < 1.29 is 9.53 Å². The van der Waals surface area contributed by atoms with Gasteiger partial charge in [-0.15, -0.1) is 0 Å². The summed E-state index contributed by atoms with van der Waals surface area (Å²) in [7, 11) is 0. The fourth-order valence-corrected chi connectivity index (χ4v) is 1.53. The normalized spacial score (nSPS) is 10.5. The van der Waals surface area contributed by atoms with E-state index in [1.807, 2.05) is 30.3 Å². The molecule has 0 saturated heterocycles. The summed E-state index contributed by atoms with van der Waals surface area (Å²) >= 11 is 3.43. The first-order valence-electron chi connectivity index (χ1n) is 4.80. The van der Waals surface area contributed by atoms with Crippen LogP contribution in [0.25, 0.3) is 6.08 Å². The highest BCUT2D eigenvalue weighted by Gasteiger charge is 1.97. The molecule has 0 atom stereocenters. The second-order valence-corrected chi connectivity index (χ2v) is 3.79. The third-order valence-electron chi connectivity index (χ3n) is 1.79. The molecule has 1 aromatic rings. The summed E-state index contributed by atoms with van der Waals surface area (Å²) in [5, 5.41) is 0. The van der Waals surface area contributed by atoms with Crippen molar-refractivity contribution in [1.29, 1.82) is 0 Å². The molecule has 0 N–H and O–H groups in total. The Kier molecular flexibility index (Phi) is 5.12. The summed E-state index contributed by atoms with van der Waals surface area (Å²) in [6.45, 7) is 2.23. The van der Waals surface area contributed by atoms with Crippen LogP contribution in [0.3, 0.4) is 0 Å². The van der Waals surface area contributed by atoms with Crippen molar-refractivity contribution in [2.24, 2.45) is 0 Å². The lowest BCUT2D eigenvalue weighted by Gasteiger charge is -1.98. The Hall–Kier alpha value is -1.09. The Balaban J connectivity index is 2.52. The fraction of sp³-hybridized carbons (Fsp3) is 0.250. The Morgan fingerprint density at radius 1 is 1.47 bits per heavy atom. The standard InChI is InChI=1S/C12H13BrO2/c1-2-15-12(14)9-5-7-10-6-3-4-8-11(10)13/h3-8H,2,9H2,1H3. The van der Waals surface area contributed by atoms with Crippen LogP contribution in [0.2, 0.25) is 0 Å². The minimum atomic E-state index is -0.194. The first-order chi connectivity index (χ1) is 7.24. The van der Waals surface area contributed by atoms with Gasteiger partial charge in [0.2, 0.25) is 0 Å². The van der Waals surface area contributed by atoms with Crippen molar-refractivity contribution in [1.82, 2.24) is 0 Å². The average molecular weight is 269 g/mol. The van der Waals surface area contributed by atoms with Crippen LogP contribution in [0.15, 0.2) is 34.8 Å². The molecule has 3 heteroatoms. The topological polar surface area (TPSA) is 26.3 Å². The van der Waals surface area contributed by atoms with Crippen LogP contribution in [0.1, 0.15) is 18.9 Å². The molecule has 80 valence electrons. The summed E-state index contributed by atoms with van der Waals surface area (Å²) in [5.41, 5.74) is 1.06. The molecule has 0 aliphatic rings. The van der Waals surface area contributed by atoms with Gasteiger partial charge in [-0.25, -0.2) is 0 Å². The van der Waals surface area contributed by atoms with Gasteiger partial charge in [-0.3, -0.25) is 4.79 Å². The van der Waals surface area contributed by atoms with E-state index in [1.54, 1.807) is 13.0 Å². The van der Waals surface area contributed by atoms with Crippen LogP contribution in [-0.2, 0) is 9.53 Å². The third kappa shape index (κ3) is 4.30. The van der Waals surface area contributed by atoms with E-state index in [2.05, 4.69) is 15.9 Å². The van der Waals surface area contributed by atoms with E-state index < -0.39 is 0 Å². The summed E-state index contributed by atoms with van der Waals surface area (Å²) in [4.78, 5) is 11.0. The van der Waals surface area contributed by atoms with E-state index in [-0.39, 0.29) is 5.97 Å². The number of carbonyl (C=O) groups is 1. The summed E-state index contributed by atoms with van der Waals surface area (Å²) < 4.78 is 5.83. The maximum absolute atomic E-state index is 11.0. The Morgan fingerprint density at radius 3 is 2.87 bits per heavy atom. The number of halogens is 1. The average Bonchev–Trinajstić information content (AvgIpc) is 2.21. The van der Waals surface area contributed by atoms with E-state index in [1.165, 1.54) is 0 Å². The van der Waals surface area contributed by atoms with Gasteiger partial charge in [0.1, 0.15) is 0 Å². The molecular weight excluding hydrogens is 256 g/mol. The lowest BCUT2D eigenvalue weighted by molar-refractivity contribution is -0.142. The second-order valence-electron chi connectivity index (χ2n) is 2.93. The van der Waals surface area contributed by atoms with E-state index in [4.69, 9.17) is 4.74 Å². The molecule has 0 aromatic heterocycles. The van der Waals surface area contributed by atoms with Crippen molar-refractivity contribution in [2.45, 2.75) is 13.3 Å². The molecule has 0 fully saturated rings. The number of benzene rings is 1. The molecule has 1 rings (SSSR count). The molecule has 2 nitrogen and oxygen atoms in total. The monoisotopic (exact) mass is 268 g/mol. The molecule has 1 aromatic carbocycles. The zero-order chi connectivity index (χ0) is 11.1. The molecular formula is C12H13BrO2. The summed E-state index contributed by atoms with van der Waals surface area (Å²) in [5.74, 6) is -0.194. The lowest BCUT2D eigenvalue weighted by atomic mass is 10.2. The van der Waals surface area contributed by atoms with Crippen molar-refractivity contribution in [3.8, 4) is 0 Å². The minimum Gasteiger partial charge on any atom is -0.466 e. The number of rotatable bonds is 4. The summed E-state index contributed by atoms with van der Waals surface area (Å²) in [6.07, 6.45) is 4.02. The first kappa shape index (κ1) is 12.0. The van der Waals surface area contributed by atoms with E-state index in [9.17, 15) is 4.79 Å². The fourth-order valence-electron chi connectivity index (χ4n) is 1.11. The smallest absolute Gasteiger partial charge is 0.309 e. The molecule has 0 unspecified atom stereocenters. The van der Waals surface area contributed by atoms with E-state index in [0.717, 1.165) is 10.0 Å².